The maximum Gasteiger partial charge on any atom is 0.223 e. The summed E-state index contributed by atoms with van der Waals surface area (Å²) in [6.07, 6.45) is 5.74. The Bertz CT molecular complexity index is 619. The minimum absolute atomic E-state index is 0.213. The summed E-state index contributed by atoms with van der Waals surface area (Å²) in [5.41, 5.74) is 1.38. The molecule has 142 valence electrons. The van der Waals surface area contributed by atoms with Crippen LogP contribution in [0.1, 0.15) is 37.7 Å². The number of carbonyl (C=O) groups excluding carboxylic acids is 1. The molecule has 26 heavy (non-hydrogen) atoms. The Labute approximate surface area is 161 Å². The predicted octanol–water partition coefficient (Wildman–Crippen LogP) is 3.15. The third-order valence-corrected chi connectivity index (χ3v) is 6.78. The molecule has 1 aromatic rings. The Kier molecular flexibility index (Phi) is 5.53. The lowest BCUT2D eigenvalue weighted by Gasteiger charge is -2.40. The highest BCUT2D eigenvalue weighted by molar-refractivity contribution is 6.30. The van der Waals surface area contributed by atoms with Gasteiger partial charge in [-0.1, -0.05) is 23.7 Å². The first-order chi connectivity index (χ1) is 12.6. The fraction of sp³-hybridized carbons (Fsp3) is 0.667. The number of halogens is 1. The van der Waals surface area contributed by atoms with Crippen molar-refractivity contribution in [1.82, 2.24) is 15.1 Å². The topological polar surface area (TPSA) is 35.6 Å². The Hall–Kier alpha value is -1.10. The van der Waals surface area contributed by atoms with Crippen molar-refractivity contribution >= 4 is 17.5 Å². The minimum atomic E-state index is 0.213. The number of carbonyl (C=O) groups is 1. The Balaban J connectivity index is 1.30. The lowest BCUT2D eigenvalue weighted by Crippen LogP contribution is -2.45. The largest absolute Gasteiger partial charge is 0.338 e. The van der Waals surface area contributed by atoms with Crippen molar-refractivity contribution in [3.8, 4) is 0 Å². The zero-order valence-corrected chi connectivity index (χ0v) is 16.3. The number of nitrogens with zero attached hydrogens (tertiary/aromatic N) is 2. The van der Waals surface area contributed by atoms with Crippen molar-refractivity contribution in [2.75, 3.05) is 39.3 Å². The molecule has 5 heteroatoms. The van der Waals surface area contributed by atoms with Gasteiger partial charge in [0.2, 0.25) is 5.91 Å². The first-order valence-corrected chi connectivity index (χ1v) is 10.5. The second kappa shape index (κ2) is 7.87. The van der Waals surface area contributed by atoms with Crippen LogP contribution >= 0.6 is 11.6 Å². The van der Waals surface area contributed by atoms with E-state index in [1.165, 1.54) is 38.0 Å². The number of amides is 1. The van der Waals surface area contributed by atoms with E-state index in [4.69, 9.17) is 11.6 Å². The Morgan fingerprint density at radius 1 is 1.19 bits per heavy atom. The molecule has 1 amide bonds. The number of nitrogens with one attached hydrogen (secondary N) is 1. The van der Waals surface area contributed by atoms with Crippen LogP contribution in [0.5, 0.6) is 0 Å². The average Bonchev–Trinajstić information content (AvgIpc) is 2.95. The van der Waals surface area contributed by atoms with Crippen molar-refractivity contribution < 1.29 is 4.79 Å². The van der Waals surface area contributed by atoms with E-state index in [0.717, 1.165) is 56.4 Å². The summed E-state index contributed by atoms with van der Waals surface area (Å²) in [5, 5.41) is 4.27. The molecular weight excluding hydrogens is 346 g/mol. The van der Waals surface area contributed by atoms with Gasteiger partial charge in [-0.25, -0.2) is 0 Å². The van der Waals surface area contributed by atoms with Gasteiger partial charge in [0.05, 0.1) is 0 Å². The molecular formula is C21H30ClN3O. The number of hydrogen-bond acceptors (Lipinski definition) is 3. The minimum Gasteiger partial charge on any atom is -0.338 e. The lowest BCUT2D eigenvalue weighted by molar-refractivity contribution is -0.128. The predicted molar refractivity (Wildman–Crippen MR) is 105 cm³/mol. The monoisotopic (exact) mass is 375 g/mol. The van der Waals surface area contributed by atoms with Crippen LogP contribution in [0, 0.1) is 11.3 Å². The number of likely N-dealkylation sites (tertiary alicyclic amines) is 2. The maximum absolute atomic E-state index is 12.6. The van der Waals surface area contributed by atoms with Crippen LogP contribution in [0.4, 0.5) is 0 Å². The highest BCUT2D eigenvalue weighted by atomic mass is 35.5. The zero-order valence-electron chi connectivity index (χ0n) is 15.6. The summed E-state index contributed by atoms with van der Waals surface area (Å²) >= 11 is 5.97. The van der Waals surface area contributed by atoms with E-state index in [9.17, 15) is 4.79 Å². The van der Waals surface area contributed by atoms with Gasteiger partial charge in [-0.05, 0) is 80.9 Å². The molecule has 3 aliphatic heterocycles. The van der Waals surface area contributed by atoms with Gasteiger partial charge < -0.3 is 15.1 Å². The normalized spacial score (nSPS) is 26.6. The van der Waals surface area contributed by atoms with E-state index < -0.39 is 0 Å². The van der Waals surface area contributed by atoms with Crippen LogP contribution in [0.3, 0.4) is 0 Å². The molecule has 1 N–H and O–H groups in total. The molecule has 0 aromatic heterocycles. The van der Waals surface area contributed by atoms with E-state index in [2.05, 4.69) is 15.1 Å². The van der Waals surface area contributed by atoms with Gasteiger partial charge in [-0.15, -0.1) is 0 Å². The van der Waals surface area contributed by atoms with E-state index >= 15 is 0 Å². The summed E-state index contributed by atoms with van der Waals surface area (Å²) < 4.78 is 0. The van der Waals surface area contributed by atoms with Crippen LogP contribution in [0.25, 0.3) is 0 Å². The second-order valence-electron chi connectivity index (χ2n) is 8.57. The summed E-state index contributed by atoms with van der Waals surface area (Å²) in [7, 11) is 0. The van der Waals surface area contributed by atoms with Crippen molar-refractivity contribution in [3.05, 3.63) is 34.9 Å². The van der Waals surface area contributed by atoms with Crippen molar-refractivity contribution in [2.24, 2.45) is 11.3 Å². The van der Waals surface area contributed by atoms with Crippen LogP contribution in [0.15, 0.2) is 24.3 Å². The van der Waals surface area contributed by atoms with Crippen molar-refractivity contribution in [1.29, 1.82) is 0 Å². The molecule has 3 heterocycles. The van der Waals surface area contributed by atoms with Crippen molar-refractivity contribution in [2.45, 2.75) is 38.6 Å². The second-order valence-corrected chi connectivity index (χ2v) is 9.00. The van der Waals surface area contributed by atoms with E-state index in [0.29, 0.717) is 5.91 Å². The lowest BCUT2D eigenvalue weighted by atomic mass is 9.77. The quantitative estimate of drug-likeness (QED) is 0.878. The molecule has 1 atom stereocenters. The van der Waals surface area contributed by atoms with Crippen LogP contribution in [0.2, 0.25) is 5.02 Å². The van der Waals surface area contributed by atoms with Gasteiger partial charge in [0.15, 0.2) is 0 Å². The first kappa shape index (κ1) is 18.3. The molecule has 4 rings (SSSR count). The van der Waals surface area contributed by atoms with E-state index in [1.807, 2.05) is 24.3 Å². The van der Waals surface area contributed by atoms with Crippen LogP contribution in [-0.2, 0) is 11.3 Å². The highest BCUT2D eigenvalue weighted by Gasteiger charge is 2.44. The zero-order chi connectivity index (χ0) is 18.0. The molecule has 1 spiro atoms. The molecule has 0 aliphatic carbocycles. The van der Waals surface area contributed by atoms with Gasteiger partial charge in [-0.3, -0.25) is 4.79 Å². The SMILES string of the molecule is O=C1CC2(CCN(C[C@@H]3CCCNC3)CC2)CN1Cc1ccc(Cl)cc1. The summed E-state index contributed by atoms with van der Waals surface area (Å²) in [6.45, 7) is 7.53. The van der Waals surface area contributed by atoms with Gasteiger partial charge in [-0.2, -0.15) is 0 Å². The van der Waals surface area contributed by atoms with Crippen molar-refractivity contribution in [3.63, 3.8) is 0 Å². The van der Waals surface area contributed by atoms with Gasteiger partial charge in [0, 0.05) is 31.1 Å². The number of benzene rings is 1. The van der Waals surface area contributed by atoms with Gasteiger partial charge >= 0.3 is 0 Å². The molecule has 0 saturated carbocycles. The third-order valence-electron chi connectivity index (χ3n) is 6.52. The number of hydrogen-bond donors (Lipinski definition) is 1. The molecule has 3 aliphatic rings. The molecule has 0 unspecified atom stereocenters. The number of rotatable bonds is 4. The standard InChI is InChI=1S/C21H30ClN3O/c22-19-5-3-17(4-6-19)15-25-16-21(12-20(25)26)7-10-24(11-8-21)14-18-2-1-9-23-13-18/h3-6,18,23H,1-2,7-16H2/t18-/m1/s1. The smallest absolute Gasteiger partial charge is 0.223 e. The van der Waals surface area contributed by atoms with Gasteiger partial charge in [0.1, 0.15) is 0 Å². The molecule has 0 bridgehead atoms. The van der Waals surface area contributed by atoms with Crippen LogP contribution < -0.4 is 5.32 Å². The Morgan fingerprint density at radius 2 is 1.96 bits per heavy atom. The molecule has 0 radical (unpaired) electrons. The molecule has 3 fully saturated rings. The Morgan fingerprint density at radius 3 is 2.65 bits per heavy atom. The van der Waals surface area contributed by atoms with Gasteiger partial charge in [0.25, 0.3) is 0 Å². The average molecular weight is 376 g/mol. The fourth-order valence-corrected chi connectivity index (χ4v) is 5.05. The van der Waals surface area contributed by atoms with Crippen LogP contribution in [-0.4, -0.2) is 55.0 Å². The molecule has 1 aromatic carbocycles. The molecule has 4 nitrogen and oxygen atoms in total. The third kappa shape index (κ3) is 4.24. The summed E-state index contributed by atoms with van der Waals surface area (Å²) in [4.78, 5) is 17.3. The highest BCUT2D eigenvalue weighted by Crippen LogP contribution is 2.41. The summed E-state index contributed by atoms with van der Waals surface area (Å²) in [5.74, 6) is 1.13. The summed E-state index contributed by atoms with van der Waals surface area (Å²) in [6, 6.07) is 7.88. The molecule has 3 saturated heterocycles. The number of piperidine rings is 2. The van der Waals surface area contributed by atoms with E-state index in [-0.39, 0.29) is 5.41 Å². The fourth-order valence-electron chi connectivity index (χ4n) is 4.93. The maximum atomic E-state index is 12.6. The first-order valence-electron chi connectivity index (χ1n) is 10.1. The van der Waals surface area contributed by atoms with E-state index in [1.54, 1.807) is 0 Å².